The van der Waals surface area contributed by atoms with E-state index in [0.717, 1.165) is 74.1 Å². The quantitative estimate of drug-likeness (QED) is 0.232. The molecule has 0 aliphatic heterocycles. The van der Waals surface area contributed by atoms with Gasteiger partial charge in [0.05, 0.1) is 12.2 Å². The second-order valence-electron chi connectivity index (χ2n) is 6.24. The summed E-state index contributed by atoms with van der Waals surface area (Å²) in [6.45, 7) is 11.6. The van der Waals surface area contributed by atoms with Gasteiger partial charge < -0.3 is 19.7 Å². The van der Waals surface area contributed by atoms with Gasteiger partial charge in [0.1, 0.15) is 11.6 Å². The predicted molar refractivity (Wildman–Crippen MR) is 120 cm³/mol. The first-order valence-corrected chi connectivity index (χ1v) is 9.65. The molecule has 0 bridgehead atoms. The molecule has 0 radical (unpaired) electrons. The summed E-state index contributed by atoms with van der Waals surface area (Å²) < 4.78 is 7.60. The van der Waals surface area contributed by atoms with E-state index in [4.69, 9.17) is 9.52 Å². The highest BCUT2D eigenvalue weighted by atomic mass is 127. The topological polar surface area (TPSA) is 80.3 Å². The summed E-state index contributed by atoms with van der Waals surface area (Å²) in [5, 5.41) is 10.9. The molecule has 7 nitrogen and oxygen atoms in total. The molecule has 0 atom stereocenters. The van der Waals surface area contributed by atoms with E-state index < -0.39 is 0 Å². The Morgan fingerprint density at radius 2 is 2.00 bits per heavy atom. The molecule has 2 N–H and O–H groups in total. The smallest absolute Gasteiger partial charge is 0.191 e. The van der Waals surface area contributed by atoms with Crippen LogP contribution in [0.2, 0.25) is 0 Å². The fourth-order valence-electron chi connectivity index (χ4n) is 2.87. The zero-order valence-electron chi connectivity index (χ0n) is 16.9. The number of guanidine groups is 1. The van der Waals surface area contributed by atoms with E-state index >= 15 is 0 Å². The maximum Gasteiger partial charge on any atom is 0.191 e. The van der Waals surface area contributed by atoms with Gasteiger partial charge in [0, 0.05) is 44.0 Å². The van der Waals surface area contributed by atoms with Gasteiger partial charge in [-0.15, -0.1) is 24.0 Å². The van der Waals surface area contributed by atoms with Crippen molar-refractivity contribution in [2.75, 3.05) is 13.1 Å². The number of imidazole rings is 1. The summed E-state index contributed by atoms with van der Waals surface area (Å²) in [5.41, 5.74) is 2.14. The minimum Gasteiger partial charge on any atom is -0.361 e. The Balaban J connectivity index is 0.00000364. The predicted octanol–water partition coefficient (Wildman–Crippen LogP) is 3.46. The molecule has 0 unspecified atom stereocenters. The molecule has 0 saturated carbocycles. The van der Waals surface area contributed by atoms with Crippen molar-refractivity contribution >= 4 is 29.9 Å². The molecule has 0 saturated heterocycles. The summed E-state index contributed by atoms with van der Waals surface area (Å²) >= 11 is 0. The SMILES string of the molecule is CCNC(=NCc1c(CC)noc1CC)NCCCCn1ccnc1C.I. The van der Waals surface area contributed by atoms with Crippen LogP contribution in [0.25, 0.3) is 0 Å². The van der Waals surface area contributed by atoms with Crippen molar-refractivity contribution in [3.05, 3.63) is 35.2 Å². The number of nitrogens with one attached hydrogen (secondary N) is 2. The van der Waals surface area contributed by atoms with E-state index in [0.29, 0.717) is 6.54 Å². The fourth-order valence-corrected chi connectivity index (χ4v) is 2.87. The second-order valence-corrected chi connectivity index (χ2v) is 6.24. The average Bonchev–Trinajstić information content (AvgIpc) is 3.24. The van der Waals surface area contributed by atoms with Gasteiger partial charge in [0.25, 0.3) is 0 Å². The first-order chi connectivity index (χ1) is 12.7. The number of aromatic nitrogens is 3. The third-order valence-electron chi connectivity index (χ3n) is 4.39. The van der Waals surface area contributed by atoms with E-state index in [1.807, 2.05) is 19.3 Å². The van der Waals surface area contributed by atoms with Crippen LogP contribution in [0.3, 0.4) is 0 Å². The van der Waals surface area contributed by atoms with Crippen molar-refractivity contribution in [2.45, 2.75) is 66.5 Å². The van der Waals surface area contributed by atoms with Crippen molar-refractivity contribution in [3.8, 4) is 0 Å². The summed E-state index contributed by atoms with van der Waals surface area (Å²) in [6, 6.07) is 0. The Morgan fingerprint density at radius 3 is 2.63 bits per heavy atom. The lowest BCUT2D eigenvalue weighted by Crippen LogP contribution is -2.37. The van der Waals surface area contributed by atoms with E-state index in [1.165, 1.54) is 0 Å². The second kappa shape index (κ2) is 12.7. The van der Waals surface area contributed by atoms with Crippen molar-refractivity contribution in [1.29, 1.82) is 0 Å². The van der Waals surface area contributed by atoms with Crippen LogP contribution in [-0.2, 0) is 25.9 Å². The van der Waals surface area contributed by atoms with Crippen LogP contribution in [0.5, 0.6) is 0 Å². The summed E-state index contributed by atoms with van der Waals surface area (Å²) in [7, 11) is 0. The Bertz CT molecular complexity index is 673. The van der Waals surface area contributed by atoms with Crippen LogP contribution in [-0.4, -0.2) is 33.8 Å². The Morgan fingerprint density at radius 1 is 1.19 bits per heavy atom. The molecule has 0 aliphatic rings. The van der Waals surface area contributed by atoms with Crippen LogP contribution in [0.4, 0.5) is 0 Å². The largest absolute Gasteiger partial charge is 0.361 e. The molecule has 2 rings (SSSR count). The number of unbranched alkanes of at least 4 members (excludes halogenated alkanes) is 1. The highest BCUT2D eigenvalue weighted by Crippen LogP contribution is 2.16. The summed E-state index contributed by atoms with van der Waals surface area (Å²) in [6.07, 6.45) is 7.78. The van der Waals surface area contributed by atoms with Crippen LogP contribution >= 0.6 is 24.0 Å². The Kier molecular flexibility index (Phi) is 11.1. The molecule has 0 fully saturated rings. The average molecular weight is 488 g/mol. The van der Waals surface area contributed by atoms with Gasteiger partial charge in [-0.2, -0.15) is 0 Å². The lowest BCUT2D eigenvalue weighted by molar-refractivity contribution is 0.380. The van der Waals surface area contributed by atoms with Gasteiger partial charge in [-0.25, -0.2) is 9.98 Å². The third-order valence-corrected chi connectivity index (χ3v) is 4.39. The zero-order valence-corrected chi connectivity index (χ0v) is 19.2. The molecule has 0 aliphatic carbocycles. The highest BCUT2D eigenvalue weighted by Gasteiger charge is 2.13. The van der Waals surface area contributed by atoms with E-state index in [2.05, 4.69) is 46.1 Å². The molecule has 0 spiro atoms. The van der Waals surface area contributed by atoms with Crippen molar-refractivity contribution in [2.24, 2.45) is 4.99 Å². The highest BCUT2D eigenvalue weighted by molar-refractivity contribution is 14.0. The van der Waals surface area contributed by atoms with Gasteiger partial charge in [0.15, 0.2) is 5.96 Å². The molecular weight excluding hydrogens is 455 g/mol. The first kappa shape index (κ1) is 23.5. The molecule has 2 heterocycles. The van der Waals surface area contributed by atoms with Crippen LogP contribution in [0, 0.1) is 6.92 Å². The molecule has 2 aromatic rings. The number of hydrogen-bond acceptors (Lipinski definition) is 4. The maximum absolute atomic E-state index is 5.42. The van der Waals surface area contributed by atoms with Gasteiger partial charge in [-0.3, -0.25) is 0 Å². The summed E-state index contributed by atoms with van der Waals surface area (Å²) in [5.74, 6) is 2.86. The van der Waals surface area contributed by atoms with Crippen LogP contribution in [0.1, 0.15) is 56.5 Å². The molecule has 0 aromatic carbocycles. The normalized spacial score (nSPS) is 11.3. The van der Waals surface area contributed by atoms with Gasteiger partial charge in [-0.1, -0.05) is 19.0 Å². The maximum atomic E-state index is 5.42. The van der Waals surface area contributed by atoms with Crippen LogP contribution < -0.4 is 10.6 Å². The van der Waals surface area contributed by atoms with Crippen molar-refractivity contribution in [1.82, 2.24) is 25.3 Å². The molecule has 0 amide bonds. The number of aryl methyl sites for hydroxylation is 4. The minimum absolute atomic E-state index is 0. The molecule has 8 heteroatoms. The van der Waals surface area contributed by atoms with Gasteiger partial charge >= 0.3 is 0 Å². The standard InChI is InChI=1S/C19H32N6O.HI/c1-5-17-16(18(6-2)26-24-17)14-23-19(20-7-3)22-10-8-9-12-25-13-11-21-15(25)4;/h11,13H,5-10,12,14H2,1-4H3,(H2,20,22,23);1H. The third kappa shape index (κ3) is 7.15. The van der Waals surface area contributed by atoms with Gasteiger partial charge in [-0.05, 0) is 33.1 Å². The summed E-state index contributed by atoms with van der Waals surface area (Å²) in [4.78, 5) is 8.96. The lowest BCUT2D eigenvalue weighted by Gasteiger charge is -2.11. The molecule has 27 heavy (non-hydrogen) atoms. The minimum atomic E-state index is 0. The molecule has 2 aromatic heterocycles. The number of hydrogen-bond donors (Lipinski definition) is 2. The monoisotopic (exact) mass is 488 g/mol. The number of aliphatic imine (C=N–C) groups is 1. The number of halogens is 1. The van der Waals surface area contributed by atoms with E-state index in [1.54, 1.807) is 0 Å². The Labute approximate surface area is 179 Å². The van der Waals surface area contributed by atoms with Crippen molar-refractivity contribution in [3.63, 3.8) is 0 Å². The first-order valence-electron chi connectivity index (χ1n) is 9.65. The molecular formula is C19H33IN6O. The van der Waals surface area contributed by atoms with E-state index in [9.17, 15) is 0 Å². The number of rotatable bonds is 10. The molecule has 152 valence electrons. The van der Waals surface area contributed by atoms with Gasteiger partial charge in [0.2, 0.25) is 0 Å². The van der Waals surface area contributed by atoms with Crippen LogP contribution in [0.15, 0.2) is 21.9 Å². The number of nitrogens with zero attached hydrogens (tertiary/aromatic N) is 4. The van der Waals surface area contributed by atoms with Crippen molar-refractivity contribution < 1.29 is 4.52 Å². The Hall–Kier alpha value is -1.58. The van der Waals surface area contributed by atoms with E-state index in [-0.39, 0.29) is 24.0 Å². The zero-order chi connectivity index (χ0) is 18.8. The lowest BCUT2D eigenvalue weighted by atomic mass is 10.1. The fraction of sp³-hybridized carbons (Fsp3) is 0.632.